The van der Waals surface area contributed by atoms with Crippen LogP contribution in [0.15, 0.2) is 54.6 Å². The molecule has 1 N–H and O–H groups in total. The molecule has 0 saturated carbocycles. The molecule has 0 bridgehead atoms. The van der Waals surface area contributed by atoms with E-state index in [-0.39, 0.29) is 12.5 Å². The molecule has 0 aliphatic rings. The Morgan fingerprint density at radius 2 is 1.70 bits per heavy atom. The van der Waals surface area contributed by atoms with Gasteiger partial charge in [-0.3, -0.25) is 4.79 Å². The SMILES string of the molecule is COCCOC(=O)[C@H](C)Oc1ccc(C(=O)NCCc2ccccc2)cc1. The van der Waals surface area contributed by atoms with Gasteiger partial charge >= 0.3 is 5.97 Å². The van der Waals surface area contributed by atoms with E-state index in [0.29, 0.717) is 24.5 Å². The molecule has 1 amide bonds. The van der Waals surface area contributed by atoms with Crippen molar-refractivity contribution in [1.82, 2.24) is 5.32 Å². The van der Waals surface area contributed by atoms with Crippen molar-refractivity contribution in [3.63, 3.8) is 0 Å². The van der Waals surface area contributed by atoms with E-state index in [9.17, 15) is 9.59 Å². The number of carbonyl (C=O) groups is 2. The maximum absolute atomic E-state index is 12.2. The Morgan fingerprint density at radius 3 is 2.37 bits per heavy atom. The molecule has 144 valence electrons. The van der Waals surface area contributed by atoms with E-state index in [1.807, 2.05) is 30.3 Å². The molecule has 0 unspecified atom stereocenters. The Hall–Kier alpha value is -2.86. The summed E-state index contributed by atoms with van der Waals surface area (Å²) in [5.41, 5.74) is 1.71. The van der Waals surface area contributed by atoms with Gasteiger partial charge in [0.15, 0.2) is 6.10 Å². The minimum Gasteiger partial charge on any atom is -0.479 e. The van der Waals surface area contributed by atoms with Crippen molar-refractivity contribution in [1.29, 1.82) is 0 Å². The summed E-state index contributed by atoms with van der Waals surface area (Å²) in [6, 6.07) is 16.6. The van der Waals surface area contributed by atoms with Crippen LogP contribution < -0.4 is 10.1 Å². The minimum absolute atomic E-state index is 0.149. The second-order valence-electron chi connectivity index (χ2n) is 5.94. The summed E-state index contributed by atoms with van der Waals surface area (Å²) < 4.78 is 15.4. The molecule has 1 atom stereocenters. The number of hydrogen-bond acceptors (Lipinski definition) is 5. The van der Waals surface area contributed by atoms with Crippen molar-refractivity contribution < 1.29 is 23.8 Å². The standard InChI is InChI=1S/C21H25NO5/c1-16(21(24)26-15-14-25-2)27-19-10-8-18(9-11-19)20(23)22-13-12-17-6-4-3-5-7-17/h3-11,16H,12-15H2,1-2H3,(H,22,23)/t16-/m0/s1. The van der Waals surface area contributed by atoms with Crippen LogP contribution in [0.1, 0.15) is 22.8 Å². The van der Waals surface area contributed by atoms with Crippen molar-refractivity contribution in [3.05, 3.63) is 65.7 Å². The smallest absolute Gasteiger partial charge is 0.347 e. The quantitative estimate of drug-likeness (QED) is 0.513. The summed E-state index contributed by atoms with van der Waals surface area (Å²) in [6.45, 7) is 2.70. The Morgan fingerprint density at radius 1 is 1.00 bits per heavy atom. The van der Waals surface area contributed by atoms with Gasteiger partial charge in [-0.15, -0.1) is 0 Å². The molecule has 0 fully saturated rings. The number of carbonyl (C=O) groups excluding carboxylic acids is 2. The van der Waals surface area contributed by atoms with Crippen LogP contribution in [0.25, 0.3) is 0 Å². The summed E-state index contributed by atoms with van der Waals surface area (Å²) in [5, 5.41) is 2.89. The summed E-state index contributed by atoms with van der Waals surface area (Å²) in [5.74, 6) is -0.119. The van der Waals surface area contributed by atoms with Crippen LogP contribution in [0, 0.1) is 0 Å². The molecule has 2 rings (SSSR count). The van der Waals surface area contributed by atoms with Gasteiger partial charge < -0.3 is 19.5 Å². The lowest BCUT2D eigenvalue weighted by Gasteiger charge is -2.14. The predicted molar refractivity (Wildman–Crippen MR) is 102 cm³/mol. The fourth-order valence-corrected chi connectivity index (χ4v) is 2.35. The number of ether oxygens (including phenoxy) is 3. The van der Waals surface area contributed by atoms with Gasteiger partial charge in [0.1, 0.15) is 12.4 Å². The number of amides is 1. The predicted octanol–water partition coefficient (Wildman–Crippen LogP) is 2.62. The lowest BCUT2D eigenvalue weighted by atomic mass is 10.1. The largest absolute Gasteiger partial charge is 0.479 e. The topological polar surface area (TPSA) is 73.9 Å². The molecule has 0 aliphatic heterocycles. The summed E-state index contributed by atoms with van der Waals surface area (Å²) in [4.78, 5) is 24.0. The molecule has 0 radical (unpaired) electrons. The van der Waals surface area contributed by atoms with Crippen LogP contribution in [0.3, 0.4) is 0 Å². The molecule has 2 aromatic carbocycles. The van der Waals surface area contributed by atoms with E-state index in [1.54, 1.807) is 31.2 Å². The Kier molecular flexibility index (Phi) is 8.32. The first kappa shape index (κ1) is 20.5. The van der Waals surface area contributed by atoms with Gasteiger partial charge in [0.2, 0.25) is 0 Å². The van der Waals surface area contributed by atoms with E-state index in [4.69, 9.17) is 14.2 Å². The number of esters is 1. The monoisotopic (exact) mass is 371 g/mol. The Bertz CT molecular complexity index is 715. The fraction of sp³-hybridized carbons (Fsp3) is 0.333. The Labute approximate surface area is 159 Å². The zero-order valence-corrected chi connectivity index (χ0v) is 15.6. The van der Waals surface area contributed by atoms with Gasteiger partial charge in [-0.05, 0) is 43.2 Å². The second kappa shape index (κ2) is 11.0. The van der Waals surface area contributed by atoms with Gasteiger partial charge in [0.05, 0.1) is 6.61 Å². The van der Waals surface area contributed by atoms with E-state index >= 15 is 0 Å². The first-order valence-corrected chi connectivity index (χ1v) is 8.84. The van der Waals surface area contributed by atoms with Crippen molar-refractivity contribution in [2.75, 3.05) is 26.9 Å². The van der Waals surface area contributed by atoms with Gasteiger partial charge in [-0.2, -0.15) is 0 Å². The zero-order chi connectivity index (χ0) is 19.5. The molecule has 6 heteroatoms. The van der Waals surface area contributed by atoms with E-state index in [0.717, 1.165) is 6.42 Å². The first-order valence-electron chi connectivity index (χ1n) is 8.84. The third-order valence-electron chi connectivity index (χ3n) is 3.84. The molecule has 6 nitrogen and oxygen atoms in total. The molecule has 2 aromatic rings. The summed E-state index contributed by atoms with van der Waals surface area (Å²) in [7, 11) is 1.53. The highest BCUT2D eigenvalue weighted by atomic mass is 16.6. The maximum Gasteiger partial charge on any atom is 0.347 e. The van der Waals surface area contributed by atoms with Crippen molar-refractivity contribution in [2.24, 2.45) is 0 Å². The van der Waals surface area contributed by atoms with Gasteiger partial charge in [-0.25, -0.2) is 4.79 Å². The third kappa shape index (κ3) is 7.11. The molecular weight excluding hydrogens is 346 g/mol. The lowest BCUT2D eigenvalue weighted by Crippen LogP contribution is -2.27. The number of hydrogen-bond donors (Lipinski definition) is 1. The Balaban J connectivity index is 1.78. The molecular formula is C21H25NO5. The van der Waals surface area contributed by atoms with Crippen LogP contribution in [0.2, 0.25) is 0 Å². The molecule has 27 heavy (non-hydrogen) atoms. The van der Waals surface area contributed by atoms with Crippen LogP contribution in [0.5, 0.6) is 5.75 Å². The summed E-state index contributed by atoms with van der Waals surface area (Å²) in [6.07, 6.45) is 0.0311. The van der Waals surface area contributed by atoms with Crippen LogP contribution in [0.4, 0.5) is 0 Å². The van der Waals surface area contributed by atoms with Crippen molar-refractivity contribution in [3.8, 4) is 5.75 Å². The van der Waals surface area contributed by atoms with Gasteiger partial charge in [0, 0.05) is 19.2 Å². The normalized spacial score (nSPS) is 11.5. The van der Waals surface area contributed by atoms with Gasteiger partial charge in [-0.1, -0.05) is 30.3 Å². The first-order chi connectivity index (χ1) is 13.1. The molecule has 0 spiro atoms. The highest BCUT2D eigenvalue weighted by molar-refractivity contribution is 5.94. The number of nitrogens with one attached hydrogen (secondary N) is 1. The fourth-order valence-electron chi connectivity index (χ4n) is 2.35. The van der Waals surface area contributed by atoms with Crippen molar-refractivity contribution >= 4 is 11.9 Å². The van der Waals surface area contributed by atoms with Crippen LogP contribution in [-0.2, 0) is 20.7 Å². The molecule has 0 aromatic heterocycles. The lowest BCUT2D eigenvalue weighted by molar-refractivity contribution is -0.152. The van der Waals surface area contributed by atoms with Crippen LogP contribution in [-0.4, -0.2) is 44.8 Å². The third-order valence-corrected chi connectivity index (χ3v) is 3.84. The average Bonchev–Trinajstić information content (AvgIpc) is 2.69. The van der Waals surface area contributed by atoms with Crippen LogP contribution >= 0.6 is 0 Å². The highest BCUT2D eigenvalue weighted by Crippen LogP contribution is 2.14. The molecule has 0 saturated heterocycles. The van der Waals surface area contributed by atoms with E-state index in [1.165, 1.54) is 12.7 Å². The summed E-state index contributed by atoms with van der Waals surface area (Å²) >= 11 is 0. The number of methoxy groups -OCH3 is 1. The average molecular weight is 371 g/mol. The van der Waals surface area contributed by atoms with E-state index < -0.39 is 12.1 Å². The molecule has 0 heterocycles. The number of rotatable bonds is 10. The highest BCUT2D eigenvalue weighted by Gasteiger charge is 2.16. The van der Waals surface area contributed by atoms with Gasteiger partial charge in [0.25, 0.3) is 5.91 Å². The maximum atomic E-state index is 12.2. The van der Waals surface area contributed by atoms with Crippen molar-refractivity contribution in [2.45, 2.75) is 19.4 Å². The second-order valence-corrected chi connectivity index (χ2v) is 5.94. The molecule has 0 aliphatic carbocycles. The minimum atomic E-state index is -0.743. The van der Waals surface area contributed by atoms with E-state index in [2.05, 4.69) is 5.32 Å². The number of benzene rings is 2. The zero-order valence-electron chi connectivity index (χ0n) is 15.6.